The molecule has 0 heterocycles. The van der Waals surface area contributed by atoms with E-state index in [0.717, 1.165) is 18.0 Å². The Balaban J connectivity index is 2.89. The third-order valence-corrected chi connectivity index (χ3v) is 3.58. The second kappa shape index (κ2) is 8.05. The van der Waals surface area contributed by atoms with E-state index in [0.29, 0.717) is 11.8 Å². The van der Waals surface area contributed by atoms with Gasteiger partial charge in [0, 0.05) is 0 Å². The van der Waals surface area contributed by atoms with Crippen LogP contribution in [0.2, 0.25) is 0 Å². The highest BCUT2D eigenvalue weighted by Crippen LogP contribution is 2.35. The number of hydrogen-bond donors (Lipinski definition) is 1. The van der Waals surface area contributed by atoms with Crippen LogP contribution in [0.1, 0.15) is 38.2 Å². The molecule has 0 radical (unpaired) electrons. The van der Waals surface area contributed by atoms with Gasteiger partial charge < -0.3 is 14.8 Å². The molecule has 1 N–H and O–H groups in total. The normalized spacial score (nSPS) is 12.5. The van der Waals surface area contributed by atoms with Gasteiger partial charge in [0.05, 0.1) is 14.2 Å². The fourth-order valence-corrected chi connectivity index (χ4v) is 2.47. The maximum Gasteiger partial charge on any atom is 0.160 e. The monoisotopic (exact) mass is 265 g/mol. The summed E-state index contributed by atoms with van der Waals surface area (Å²) in [6.07, 6.45) is 2.38. The molecular formula is C16H27NO2. The van der Waals surface area contributed by atoms with Crippen LogP contribution < -0.4 is 14.8 Å². The molecule has 3 nitrogen and oxygen atoms in total. The van der Waals surface area contributed by atoms with Gasteiger partial charge in [-0.1, -0.05) is 19.9 Å². The highest BCUT2D eigenvalue weighted by molar-refractivity contribution is 5.44. The van der Waals surface area contributed by atoms with Gasteiger partial charge in [-0.05, 0) is 56.0 Å². The molecule has 0 amide bonds. The van der Waals surface area contributed by atoms with Gasteiger partial charge in [-0.3, -0.25) is 0 Å². The average molecular weight is 265 g/mol. The summed E-state index contributed by atoms with van der Waals surface area (Å²) >= 11 is 0. The fraction of sp³-hybridized carbons (Fsp3) is 0.625. The second-order valence-corrected chi connectivity index (χ2v) is 5.21. The number of ether oxygens (including phenoxy) is 2. The molecule has 0 fully saturated rings. The van der Waals surface area contributed by atoms with Gasteiger partial charge >= 0.3 is 0 Å². The SMILES string of the molecule is CNCCCC(c1ccc(OC)c(OC)c1)C(C)C. The smallest absolute Gasteiger partial charge is 0.160 e. The Morgan fingerprint density at radius 2 is 1.79 bits per heavy atom. The minimum atomic E-state index is 0.563. The van der Waals surface area contributed by atoms with Crippen molar-refractivity contribution in [2.45, 2.75) is 32.6 Å². The van der Waals surface area contributed by atoms with Crippen LogP contribution in [0.15, 0.2) is 18.2 Å². The number of hydrogen-bond acceptors (Lipinski definition) is 3. The third kappa shape index (κ3) is 4.43. The van der Waals surface area contributed by atoms with Crippen molar-refractivity contribution < 1.29 is 9.47 Å². The van der Waals surface area contributed by atoms with E-state index < -0.39 is 0 Å². The Bertz CT molecular complexity index is 377. The molecule has 1 aromatic carbocycles. The van der Waals surface area contributed by atoms with Crippen LogP contribution in [0.4, 0.5) is 0 Å². The van der Waals surface area contributed by atoms with E-state index in [9.17, 15) is 0 Å². The zero-order valence-corrected chi connectivity index (χ0v) is 12.8. The predicted octanol–water partition coefficient (Wildman–Crippen LogP) is 3.44. The van der Waals surface area contributed by atoms with Crippen molar-refractivity contribution in [3.05, 3.63) is 23.8 Å². The van der Waals surface area contributed by atoms with Crippen molar-refractivity contribution in [2.24, 2.45) is 5.92 Å². The first kappa shape index (κ1) is 15.8. The average Bonchev–Trinajstić information content (AvgIpc) is 2.42. The fourth-order valence-electron chi connectivity index (χ4n) is 2.47. The van der Waals surface area contributed by atoms with Crippen molar-refractivity contribution >= 4 is 0 Å². The van der Waals surface area contributed by atoms with Crippen molar-refractivity contribution in [1.29, 1.82) is 0 Å². The summed E-state index contributed by atoms with van der Waals surface area (Å²) in [6.45, 7) is 5.62. The van der Waals surface area contributed by atoms with Crippen LogP contribution in [0.5, 0.6) is 11.5 Å². The van der Waals surface area contributed by atoms with Gasteiger partial charge in [-0.25, -0.2) is 0 Å². The molecule has 0 spiro atoms. The number of methoxy groups -OCH3 is 2. The molecule has 1 rings (SSSR count). The molecular weight excluding hydrogens is 238 g/mol. The van der Waals surface area contributed by atoms with Gasteiger partial charge in [0.1, 0.15) is 0 Å². The highest BCUT2D eigenvalue weighted by Gasteiger charge is 2.17. The van der Waals surface area contributed by atoms with Crippen molar-refractivity contribution in [3.8, 4) is 11.5 Å². The standard InChI is InChI=1S/C16H27NO2/c1-12(2)14(7-6-10-17-3)13-8-9-15(18-4)16(11-13)19-5/h8-9,11-12,14,17H,6-7,10H2,1-5H3. The van der Waals surface area contributed by atoms with Crippen molar-refractivity contribution in [3.63, 3.8) is 0 Å². The van der Waals surface area contributed by atoms with Gasteiger partial charge in [0.15, 0.2) is 11.5 Å². The maximum absolute atomic E-state index is 5.40. The van der Waals surface area contributed by atoms with Gasteiger partial charge in [0.25, 0.3) is 0 Å². The van der Waals surface area contributed by atoms with E-state index in [1.807, 2.05) is 13.1 Å². The molecule has 1 aromatic rings. The lowest BCUT2D eigenvalue weighted by Gasteiger charge is -2.22. The molecule has 0 aliphatic rings. The summed E-state index contributed by atoms with van der Waals surface area (Å²) in [5.41, 5.74) is 1.34. The first-order valence-corrected chi connectivity index (χ1v) is 7.00. The Kier molecular flexibility index (Phi) is 6.71. The van der Waals surface area contributed by atoms with E-state index in [2.05, 4.69) is 31.3 Å². The van der Waals surface area contributed by atoms with Crippen LogP contribution in [0.3, 0.4) is 0 Å². The quantitative estimate of drug-likeness (QED) is 0.730. The number of benzene rings is 1. The molecule has 0 aliphatic carbocycles. The molecule has 0 aromatic heterocycles. The summed E-state index contributed by atoms with van der Waals surface area (Å²) in [5, 5.41) is 3.21. The van der Waals surface area contributed by atoms with Gasteiger partial charge in [0.2, 0.25) is 0 Å². The van der Waals surface area contributed by atoms with Crippen LogP contribution in [-0.4, -0.2) is 27.8 Å². The lowest BCUT2D eigenvalue weighted by Crippen LogP contribution is -2.12. The summed E-state index contributed by atoms with van der Waals surface area (Å²) in [5.74, 6) is 2.80. The Labute approximate surface area is 117 Å². The third-order valence-electron chi connectivity index (χ3n) is 3.58. The van der Waals surface area contributed by atoms with Gasteiger partial charge in [-0.2, -0.15) is 0 Å². The number of nitrogens with one attached hydrogen (secondary N) is 1. The molecule has 19 heavy (non-hydrogen) atoms. The van der Waals surface area contributed by atoms with Crippen LogP contribution in [0.25, 0.3) is 0 Å². The minimum Gasteiger partial charge on any atom is -0.493 e. The largest absolute Gasteiger partial charge is 0.493 e. The van der Waals surface area contributed by atoms with Crippen molar-refractivity contribution in [2.75, 3.05) is 27.8 Å². The molecule has 108 valence electrons. The van der Waals surface area contributed by atoms with E-state index in [-0.39, 0.29) is 0 Å². The summed E-state index contributed by atoms with van der Waals surface area (Å²) in [7, 11) is 5.36. The molecule has 1 unspecified atom stereocenters. The number of rotatable bonds is 8. The molecule has 0 bridgehead atoms. The molecule has 0 saturated carbocycles. The first-order chi connectivity index (χ1) is 9.13. The lowest BCUT2D eigenvalue weighted by atomic mass is 9.84. The Morgan fingerprint density at radius 1 is 1.11 bits per heavy atom. The van der Waals surface area contributed by atoms with Gasteiger partial charge in [-0.15, -0.1) is 0 Å². The van der Waals surface area contributed by atoms with E-state index in [1.165, 1.54) is 18.4 Å². The maximum atomic E-state index is 5.40. The Hall–Kier alpha value is -1.22. The van der Waals surface area contributed by atoms with Crippen LogP contribution in [-0.2, 0) is 0 Å². The Morgan fingerprint density at radius 3 is 2.32 bits per heavy atom. The van der Waals surface area contributed by atoms with E-state index >= 15 is 0 Å². The second-order valence-electron chi connectivity index (χ2n) is 5.21. The summed E-state index contributed by atoms with van der Waals surface area (Å²) < 4.78 is 10.7. The predicted molar refractivity (Wildman–Crippen MR) is 80.3 cm³/mol. The van der Waals surface area contributed by atoms with E-state index in [4.69, 9.17) is 9.47 Å². The zero-order valence-electron chi connectivity index (χ0n) is 12.8. The van der Waals surface area contributed by atoms with Crippen LogP contribution >= 0.6 is 0 Å². The minimum absolute atomic E-state index is 0.563. The topological polar surface area (TPSA) is 30.5 Å². The lowest BCUT2D eigenvalue weighted by molar-refractivity contribution is 0.353. The highest BCUT2D eigenvalue weighted by atomic mass is 16.5. The zero-order chi connectivity index (χ0) is 14.3. The van der Waals surface area contributed by atoms with E-state index in [1.54, 1.807) is 14.2 Å². The first-order valence-electron chi connectivity index (χ1n) is 7.00. The van der Waals surface area contributed by atoms with Crippen molar-refractivity contribution in [1.82, 2.24) is 5.32 Å². The summed E-state index contributed by atoms with van der Waals surface area (Å²) in [4.78, 5) is 0. The molecule has 0 saturated heterocycles. The molecule has 0 aliphatic heterocycles. The summed E-state index contributed by atoms with van der Waals surface area (Å²) in [6, 6.07) is 6.27. The molecule has 3 heteroatoms. The van der Waals surface area contributed by atoms with Crippen LogP contribution in [0, 0.1) is 5.92 Å². The molecule has 1 atom stereocenters.